The van der Waals surface area contributed by atoms with Crippen LogP contribution in [-0.4, -0.2) is 0 Å². The Balaban J connectivity index is 0.000000231. The van der Waals surface area contributed by atoms with Crippen LogP contribution in [0.1, 0.15) is 78.4 Å². The summed E-state index contributed by atoms with van der Waals surface area (Å²) in [6, 6.07) is 8.53. The normalized spacial score (nSPS) is 20.5. The number of benzene rings is 1. The Bertz CT molecular complexity index is 671. The number of hydrogen-bond acceptors (Lipinski definition) is 0. The zero-order valence-corrected chi connectivity index (χ0v) is 19.9. The fourth-order valence-corrected chi connectivity index (χ4v) is 3.46. The minimum atomic E-state index is 0. The molecule has 128 valence electrons. The summed E-state index contributed by atoms with van der Waals surface area (Å²) in [6.45, 7) is 15.5. The summed E-state index contributed by atoms with van der Waals surface area (Å²) in [7, 11) is 0. The second kappa shape index (κ2) is 8.61. The minimum Gasteiger partial charge on any atom is -0.266 e. The van der Waals surface area contributed by atoms with Crippen LogP contribution in [0.4, 0.5) is 0 Å². The summed E-state index contributed by atoms with van der Waals surface area (Å²) in [6.07, 6.45) is 9.38. The zero-order chi connectivity index (χ0) is 17.2. The largest absolute Gasteiger partial charge is 0.266 e. The smallest absolute Gasteiger partial charge is 0 e. The molecule has 0 nitrogen and oxygen atoms in total. The molecule has 0 bridgehead atoms. The Morgan fingerprint density at radius 2 is 1.71 bits per heavy atom. The van der Waals surface area contributed by atoms with Crippen LogP contribution in [-0.2, 0) is 25.8 Å². The summed E-state index contributed by atoms with van der Waals surface area (Å²) in [4.78, 5) is 0. The van der Waals surface area contributed by atoms with Crippen molar-refractivity contribution >= 4 is 5.57 Å². The van der Waals surface area contributed by atoms with Gasteiger partial charge in [-0.05, 0) is 0 Å². The van der Waals surface area contributed by atoms with Gasteiger partial charge in [0.25, 0.3) is 0 Å². The topological polar surface area (TPSA) is 0 Å². The molecule has 2 aliphatic carbocycles. The molecular weight excluding hydrogens is 455 g/mol. The quantitative estimate of drug-likeness (QED) is 0.316. The third kappa shape index (κ3) is 4.48. The monoisotopic (exact) mass is 486 g/mol. The maximum absolute atomic E-state index is 3.57. The number of hydrogen-bond donors (Lipinski definition) is 0. The fourth-order valence-electron chi connectivity index (χ4n) is 3.46. The van der Waals surface area contributed by atoms with E-state index >= 15 is 0 Å². The Morgan fingerprint density at radius 3 is 2.21 bits per heavy atom. The van der Waals surface area contributed by atoms with Gasteiger partial charge in [0.2, 0.25) is 0 Å². The Hall–Kier alpha value is -0.690. The van der Waals surface area contributed by atoms with Crippen molar-refractivity contribution in [2.75, 3.05) is 0 Å². The van der Waals surface area contributed by atoms with Crippen LogP contribution in [0.5, 0.6) is 0 Å². The molecule has 0 radical (unpaired) electrons. The van der Waals surface area contributed by atoms with Crippen molar-refractivity contribution in [1.82, 2.24) is 0 Å². The molecular formula is C23H30Hf-2. The van der Waals surface area contributed by atoms with Crippen molar-refractivity contribution < 1.29 is 25.8 Å². The van der Waals surface area contributed by atoms with Crippen LogP contribution < -0.4 is 0 Å². The molecule has 3 rings (SSSR count). The van der Waals surface area contributed by atoms with Gasteiger partial charge >= 0.3 is 0 Å². The summed E-state index contributed by atoms with van der Waals surface area (Å²) in [5.74, 6) is 0.492. The second-order valence-corrected chi connectivity index (χ2v) is 7.31. The molecule has 0 amide bonds. The van der Waals surface area contributed by atoms with Crippen molar-refractivity contribution in [3.8, 4) is 0 Å². The van der Waals surface area contributed by atoms with Crippen LogP contribution >= 0.6 is 0 Å². The van der Waals surface area contributed by atoms with E-state index in [-0.39, 0.29) is 31.3 Å². The summed E-state index contributed by atoms with van der Waals surface area (Å²) < 4.78 is 0. The minimum absolute atomic E-state index is 0. The molecule has 1 aromatic carbocycles. The molecule has 0 aromatic heterocycles. The molecule has 0 saturated carbocycles. The molecule has 0 spiro atoms. The van der Waals surface area contributed by atoms with Crippen molar-refractivity contribution in [2.24, 2.45) is 5.41 Å². The van der Waals surface area contributed by atoms with Crippen molar-refractivity contribution in [3.63, 3.8) is 0 Å². The van der Waals surface area contributed by atoms with Crippen molar-refractivity contribution in [3.05, 3.63) is 64.3 Å². The van der Waals surface area contributed by atoms with Gasteiger partial charge in [-0.2, -0.15) is 16.7 Å². The van der Waals surface area contributed by atoms with Gasteiger partial charge in [-0.3, -0.25) is 12.2 Å². The van der Waals surface area contributed by atoms with Gasteiger partial charge in [-0.1, -0.05) is 83.9 Å². The second-order valence-electron chi connectivity index (χ2n) is 7.31. The molecule has 0 saturated heterocycles. The molecule has 0 N–H and O–H groups in total. The third-order valence-electron chi connectivity index (χ3n) is 5.18. The van der Waals surface area contributed by atoms with E-state index in [0.717, 1.165) is 0 Å². The average molecular weight is 485 g/mol. The van der Waals surface area contributed by atoms with Gasteiger partial charge in [0.1, 0.15) is 0 Å². The van der Waals surface area contributed by atoms with E-state index in [4.69, 9.17) is 0 Å². The van der Waals surface area contributed by atoms with Gasteiger partial charge in [0, 0.05) is 25.8 Å². The Morgan fingerprint density at radius 1 is 1.08 bits per heavy atom. The molecule has 2 aliphatic rings. The molecule has 1 aromatic rings. The van der Waals surface area contributed by atoms with Crippen LogP contribution in [0.2, 0.25) is 0 Å². The predicted octanol–water partition coefficient (Wildman–Crippen LogP) is 6.90. The predicted molar refractivity (Wildman–Crippen MR) is 101 cm³/mol. The maximum atomic E-state index is 3.57. The van der Waals surface area contributed by atoms with Crippen LogP contribution in [0.3, 0.4) is 0 Å². The first kappa shape index (κ1) is 21.4. The van der Waals surface area contributed by atoms with Crippen LogP contribution in [0.15, 0.2) is 41.0 Å². The van der Waals surface area contributed by atoms with Gasteiger partial charge in [0.05, 0.1) is 0 Å². The van der Waals surface area contributed by atoms with E-state index in [1.165, 1.54) is 46.3 Å². The number of allylic oxidation sites excluding steroid dienone is 6. The molecule has 1 heteroatoms. The molecule has 0 aliphatic heterocycles. The SMILES string of the molecule is CC1=[C-]C(C)c2ccccc21.CCCC1=[C-]C(C)(C)C(C)=C1C.[Hf]. The van der Waals surface area contributed by atoms with Crippen molar-refractivity contribution in [2.45, 2.75) is 67.2 Å². The molecule has 0 heterocycles. The van der Waals surface area contributed by atoms with E-state index in [9.17, 15) is 0 Å². The Labute approximate surface area is 167 Å². The van der Waals surface area contributed by atoms with Gasteiger partial charge in [-0.25, -0.2) is 11.1 Å². The van der Waals surface area contributed by atoms with E-state index < -0.39 is 0 Å². The van der Waals surface area contributed by atoms with Crippen molar-refractivity contribution in [1.29, 1.82) is 0 Å². The standard InChI is InChI=1S/C12H19.C11H11.Hf/c1-6-7-11-8-12(4,5)10(3)9(11)2;1-8-7-9(2)11-6-4-3-5-10(8)11;/h6-7H2,1-5H3;3-6,8H,1-2H3;/q2*-1;. The van der Waals surface area contributed by atoms with E-state index in [2.05, 4.69) is 84.9 Å². The zero-order valence-electron chi connectivity index (χ0n) is 16.3. The average Bonchev–Trinajstić information content (AvgIpc) is 2.90. The van der Waals surface area contributed by atoms with Gasteiger partial charge in [0.15, 0.2) is 0 Å². The van der Waals surface area contributed by atoms with Gasteiger partial charge < -0.3 is 0 Å². The number of rotatable bonds is 2. The Kier molecular flexibility index (Phi) is 7.66. The van der Waals surface area contributed by atoms with Crippen LogP contribution in [0.25, 0.3) is 5.57 Å². The van der Waals surface area contributed by atoms with E-state index in [1.807, 2.05) is 0 Å². The molecule has 0 fully saturated rings. The van der Waals surface area contributed by atoms with E-state index in [1.54, 1.807) is 0 Å². The summed E-state index contributed by atoms with van der Waals surface area (Å²) in [5.41, 5.74) is 8.69. The fraction of sp³-hybridized carbons (Fsp3) is 0.478. The van der Waals surface area contributed by atoms with Gasteiger partial charge in [-0.15, -0.1) is 18.6 Å². The first-order valence-electron chi connectivity index (χ1n) is 8.79. The molecule has 1 unspecified atom stereocenters. The number of fused-ring (bicyclic) bond motifs is 1. The van der Waals surface area contributed by atoms with E-state index in [0.29, 0.717) is 5.92 Å². The molecule has 1 atom stereocenters. The summed E-state index contributed by atoms with van der Waals surface area (Å²) >= 11 is 0. The third-order valence-corrected chi connectivity index (χ3v) is 5.18. The first-order valence-corrected chi connectivity index (χ1v) is 8.79. The van der Waals surface area contributed by atoms with Crippen LogP contribution in [0, 0.1) is 17.6 Å². The summed E-state index contributed by atoms with van der Waals surface area (Å²) in [5, 5.41) is 0. The molecule has 24 heavy (non-hydrogen) atoms. The first-order chi connectivity index (χ1) is 10.8. The maximum Gasteiger partial charge on any atom is 0 e.